The molecule has 0 bridgehead atoms. The Hall–Kier alpha value is -1.75. The van der Waals surface area contributed by atoms with Crippen molar-refractivity contribution < 1.29 is 14.3 Å². The lowest BCUT2D eigenvalue weighted by Gasteiger charge is -1.99. The molecule has 0 saturated heterocycles. The number of benzene rings is 1. The first-order valence-electron chi connectivity index (χ1n) is 4.60. The Morgan fingerprint density at radius 3 is 2.69 bits per heavy atom. The Morgan fingerprint density at radius 2 is 2.12 bits per heavy atom. The van der Waals surface area contributed by atoms with Gasteiger partial charge in [-0.25, -0.2) is 9.78 Å². The van der Waals surface area contributed by atoms with Gasteiger partial charge in [0.15, 0.2) is 0 Å². The fourth-order valence-corrected chi connectivity index (χ4v) is 1.91. The fraction of sp³-hybridized carbons (Fsp3) is 0.0909. The third-order valence-corrected chi connectivity index (χ3v) is 2.90. The number of nitrogens with zero attached hydrogens (tertiary/aromatic N) is 1. The number of oxazole rings is 1. The van der Waals surface area contributed by atoms with Gasteiger partial charge in [-0.1, -0.05) is 23.9 Å². The molecule has 0 aliphatic rings. The van der Waals surface area contributed by atoms with Crippen LogP contribution in [0.25, 0.3) is 0 Å². The van der Waals surface area contributed by atoms with Crippen LogP contribution in [0.3, 0.4) is 0 Å². The van der Waals surface area contributed by atoms with Crippen molar-refractivity contribution in [3.63, 3.8) is 0 Å². The molecule has 1 heterocycles. The number of aromatic nitrogens is 1. The fourth-order valence-electron chi connectivity index (χ4n) is 1.17. The van der Waals surface area contributed by atoms with E-state index >= 15 is 0 Å². The van der Waals surface area contributed by atoms with E-state index in [1.165, 1.54) is 18.0 Å². The second-order valence-corrected chi connectivity index (χ2v) is 4.02. The molecular weight excluding hydrogens is 226 g/mol. The molecule has 16 heavy (non-hydrogen) atoms. The van der Waals surface area contributed by atoms with Crippen LogP contribution in [0.5, 0.6) is 0 Å². The van der Waals surface area contributed by atoms with Crippen molar-refractivity contribution in [2.24, 2.45) is 0 Å². The summed E-state index contributed by atoms with van der Waals surface area (Å²) in [6, 6.07) is 6.76. The Bertz CT molecular complexity index is 464. The van der Waals surface area contributed by atoms with Gasteiger partial charge in [0.2, 0.25) is 0 Å². The van der Waals surface area contributed by atoms with Crippen LogP contribution in [0.15, 0.2) is 46.4 Å². The molecule has 1 aromatic heterocycles. The molecule has 1 aromatic carbocycles. The van der Waals surface area contributed by atoms with Crippen molar-refractivity contribution in [1.82, 2.24) is 4.98 Å². The van der Waals surface area contributed by atoms with E-state index in [2.05, 4.69) is 4.98 Å². The van der Waals surface area contributed by atoms with Crippen LogP contribution in [-0.2, 0) is 5.75 Å². The number of carboxylic acids is 1. The van der Waals surface area contributed by atoms with Crippen molar-refractivity contribution in [2.75, 3.05) is 0 Å². The lowest BCUT2D eigenvalue weighted by Crippen LogP contribution is -1.95. The number of rotatable bonds is 4. The number of carbonyl (C=O) groups is 1. The summed E-state index contributed by atoms with van der Waals surface area (Å²) in [4.78, 5) is 14.6. The normalized spacial score (nSPS) is 10.2. The molecule has 0 spiro atoms. The van der Waals surface area contributed by atoms with Gasteiger partial charge in [-0.05, 0) is 17.7 Å². The third-order valence-electron chi connectivity index (χ3n) is 1.97. The Balaban J connectivity index is 1.98. The molecule has 82 valence electrons. The highest BCUT2D eigenvalue weighted by Gasteiger charge is 2.03. The average Bonchev–Trinajstić information content (AvgIpc) is 2.80. The lowest BCUT2D eigenvalue weighted by atomic mass is 10.1. The van der Waals surface area contributed by atoms with E-state index in [0.29, 0.717) is 16.5 Å². The van der Waals surface area contributed by atoms with Gasteiger partial charge in [0, 0.05) is 5.75 Å². The molecule has 0 fully saturated rings. The van der Waals surface area contributed by atoms with E-state index < -0.39 is 5.97 Å². The quantitative estimate of drug-likeness (QED) is 0.825. The zero-order valence-corrected chi connectivity index (χ0v) is 9.11. The van der Waals surface area contributed by atoms with Crippen LogP contribution < -0.4 is 0 Å². The van der Waals surface area contributed by atoms with Crippen LogP contribution in [0.2, 0.25) is 0 Å². The highest BCUT2D eigenvalue weighted by atomic mass is 32.2. The van der Waals surface area contributed by atoms with Gasteiger partial charge in [0.25, 0.3) is 5.22 Å². The number of thioether (sulfide) groups is 1. The van der Waals surface area contributed by atoms with Crippen molar-refractivity contribution >= 4 is 17.7 Å². The smallest absolute Gasteiger partial charge is 0.335 e. The Morgan fingerprint density at radius 1 is 1.38 bits per heavy atom. The first kappa shape index (κ1) is 10.8. The van der Waals surface area contributed by atoms with Crippen LogP contribution in [-0.4, -0.2) is 16.1 Å². The van der Waals surface area contributed by atoms with Crippen molar-refractivity contribution in [3.8, 4) is 0 Å². The van der Waals surface area contributed by atoms with E-state index in [0.717, 1.165) is 5.56 Å². The molecule has 2 aromatic rings. The highest BCUT2D eigenvalue weighted by molar-refractivity contribution is 7.98. The van der Waals surface area contributed by atoms with Gasteiger partial charge in [-0.15, -0.1) is 0 Å². The predicted octanol–water partition coefficient (Wildman–Crippen LogP) is 2.67. The Labute approximate surface area is 96.3 Å². The maximum atomic E-state index is 10.6. The zero-order valence-electron chi connectivity index (χ0n) is 8.29. The number of aromatic carboxylic acids is 1. The SMILES string of the molecule is O=C(O)c1ccc(CSc2ncco2)cc1. The molecule has 0 unspecified atom stereocenters. The maximum absolute atomic E-state index is 10.6. The summed E-state index contributed by atoms with van der Waals surface area (Å²) in [6.07, 6.45) is 3.12. The molecular formula is C11H9NO3S. The summed E-state index contributed by atoms with van der Waals surface area (Å²) in [5, 5.41) is 9.34. The molecule has 1 N–H and O–H groups in total. The maximum Gasteiger partial charge on any atom is 0.335 e. The molecule has 2 rings (SSSR count). The van der Waals surface area contributed by atoms with Crippen LogP contribution in [0.1, 0.15) is 15.9 Å². The molecule has 0 aliphatic carbocycles. The molecule has 4 nitrogen and oxygen atoms in total. The topological polar surface area (TPSA) is 63.3 Å². The van der Waals surface area contributed by atoms with Gasteiger partial charge >= 0.3 is 5.97 Å². The van der Waals surface area contributed by atoms with Crippen LogP contribution in [0, 0.1) is 0 Å². The minimum absolute atomic E-state index is 0.296. The van der Waals surface area contributed by atoms with E-state index in [4.69, 9.17) is 9.52 Å². The Kier molecular flexibility index (Phi) is 3.26. The summed E-state index contributed by atoms with van der Waals surface area (Å²) in [5.74, 6) is -0.202. The number of hydrogen-bond donors (Lipinski definition) is 1. The minimum Gasteiger partial charge on any atom is -0.478 e. The average molecular weight is 235 g/mol. The van der Waals surface area contributed by atoms with Gasteiger partial charge < -0.3 is 9.52 Å². The summed E-state index contributed by atoms with van der Waals surface area (Å²) in [5.41, 5.74) is 1.33. The van der Waals surface area contributed by atoms with E-state index in [1.54, 1.807) is 30.5 Å². The minimum atomic E-state index is -0.910. The van der Waals surface area contributed by atoms with Crippen LogP contribution in [0.4, 0.5) is 0 Å². The van der Waals surface area contributed by atoms with Crippen molar-refractivity contribution in [1.29, 1.82) is 0 Å². The predicted molar refractivity (Wildman–Crippen MR) is 59.5 cm³/mol. The van der Waals surface area contributed by atoms with E-state index in [-0.39, 0.29) is 0 Å². The lowest BCUT2D eigenvalue weighted by molar-refractivity contribution is 0.0697. The van der Waals surface area contributed by atoms with E-state index in [1.807, 2.05) is 0 Å². The molecule has 0 aliphatic heterocycles. The molecule has 5 heteroatoms. The van der Waals surface area contributed by atoms with Gasteiger partial charge in [-0.2, -0.15) is 0 Å². The summed E-state index contributed by atoms with van der Waals surface area (Å²) >= 11 is 1.47. The second kappa shape index (κ2) is 4.85. The second-order valence-electron chi connectivity index (χ2n) is 3.09. The molecule has 0 saturated carbocycles. The third kappa shape index (κ3) is 2.64. The molecule has 0 amide bonds. The summed E-state index contributed by atoms with van der Waals surface area (Å²) < 4.78 is 5.07. The number of carboxylic acid groups (broad SMARTS) is 1. The van der Waals surface area contributed by atoms with E-state index in [9.17, 15) is 4.79 Å². The van der Waals surface area contributed by atoms with Gasteiger partial charge in [0.1, 0.15) is 6.26 Å². The van der Waals surface area contributed by atoms with Crippen molar-refractivity contribution in [3.05, 3.63) is 47.9 Å². The van der Waals surface area contributed by atoms with Crippen molar-refractivity contribution in [2.45, 2.75) is 11.0 Å². The summed E-state index contributed by atoms with van der Waals surface area (Å²) in [7, 11) is 0. The van der Waals surface area contributed by atoms with Gasteiger partial charge in [-0.3, -0.25) is 0 Å². The highest BCUT2D eigenvalue weighted by Crippen LogP contribution is 2.20. The largest absolute Gasteiger partial charge is 0.478 e. The van der Waals surface area contributed by atoms with Crippen LogP contribution >= 0.6 is 11.8 Å². The molecule has 0 radical (unpaired) electrons. The van der Waals surface area contributed by atoms with Gasteiger partial charge in [0.05, 0.1) is 11.8 Å². The first-order valence-corrected chi connectivity index (χ1v) is 5.59. The standard InChI is InChI=1S/C11H9NO3S/c13-10(14)9-3-1-8(2-4-9)7-16-11-12-5-6-15-11/h1-6H,7H2,(H,13,14). The zero-order chi connectivity index (χ0) is 11.4. The number of hydrogen-bond acceptors (Lipinski definition) is 4. The summed E-state index contributed by atoms with van der Waals surface area (Å²) in [6.45, 7) is 0. The first-order chi connectivity index (χ1) is 7.75. The molecule has 0 atom stereocenters. The monoisotopic (exact) mass is 235 g/mol.